The zero-order valence-corrected chi connectivity index (χ0v) is 15.4. The fraction of sp³-hybridized carbons (Fsp3) is 0.263. The van der Waals surface area contributed by atoms with E-state index in [1.165, 1.54) is 23.0 Å². The molecule has 0 saturated heterocycles. The molecule has 0 bridgehead atoms. The van der Waals surface area contributed by atoms with Gasteiger partial charge in [0.15, 0.2) is 5.70 Å². The molecule has 1 aromatic heterocycles. The van der Waals surface area contributed by atoms with E-state index in [9.17, 15) is 18.8 Å². The number of hydrogen-bond acceptors (Lipinski definition) is 6. The lowest BCUT2D eigenvalue weighted by Crippen LogP contribution is -2.51. The van der Waals surface area contributed by atoms with Gasteiger partial charge >= 0.3 is 0 Å². The smallest absolute Gasteiger partial charge is 0.273 e. The molecular weight excluding hydrogens is 379 g/mol. The van der Waals surface area contributed by atoms with Gasteiger partial charge in [0.2, 0.25) is 6.41 Å². The van der Waals surface area contributed by atoms with E-state index in [4.69, 9.17) is 5.73 Å². The van der Waals surface area contributed by atoms with Gasteiger partial charge in [0, 0.05) is 25.1 Å². The van der Waals surface area contributed by atoms with E-state index < -0.39 is 5.91 Å². The number of amides is 2. The third kappa shape index (κ3) is 3.82. The number of nitrogens with one attached hydrogen (secondary N) is 1. The zero-order valence-electron chi connectivity index (χ0n) is 15.4. The van der Waals surface area contributed by atoms with Gasteiger partial charge in [0.1, 0.15) is 17.4 Å². The molecule has 0 spiro atoms. The van der Waals surface area contributed by atoms with Gasteiger partial charge < -0.3 is 16.0 Å². The first-order chi connectivity index (χ1) is 14.0. The second-order valence-corrected chi connectivity index (χ2v) is 6.99. The van der Waals surface area contributed by atoms with Gasteiger partial charge in [-0.2, -0.15) is 5.10 Å². The van der Waals surface area contributed by atoms with Crippen LogP contribution in [-0.4, -0.2) is 46.0 Å². The molecule has 1 atom stereocenters. The molecule has 2 amide bonds. The van der Waals surface area contributed by atoms with Crippen molar-refractivity contribution in [1.82, 2.24) is 20.0 Å². The van der Waals surface area contributed by atoms with Crippen molar-refractivity contribution in [2.75, 3.05) is 18.1 Å². The molecule has 29 heavy (non-hydrogen) atoms. The molecule has 2 aliphatic rings. The first kappa shape index (κ1) is 18.7. The molecule has 10 heteroatoms. The standard InChI is InChI=1S/C19H19FN6O3/c20-14-3-1-2-12(4-14)7-25-9-15(6-23-25)26(11-27)17-18(21)24(10-22-19(17)29)8-13-5-16(13)28/h1-4,6,9,11,13H,5,7-8,10,21H2,(H,22,29). The molecule has 1 saturated carbocycles. The molecule has 1 aliphatic carbocycles. The molecule has 2 aromatic rings. The number of aromatic nitrogens is 2. The fourth-order valence-corrected chi connectivity index (χ4v) is 3.24. The van der Waals surface area contributed by atoms with Gasteiger partial charge in [0.05, 0.1) is 25.1 Å². The van der Waals surface area contributed by atoms with Crippen LogP contribution in [0, 0.1) is 11.7 Å². The van der Waals surface area contributed by atoms with Crippen molar-refractivity contribution in [3.63, 3.8) is 0 Å². The topological polar surface area (TPSA) is 114 Å². The molecule has 0 radical (unpaired) electrons. The second kappa shape index (κ2) is 7.38. The van der Waals surface area contributed by atoms with E-state index in [1.54, 1.807) is 23.2 Å². The second-order valence-electron chi connectivity index (χ2n) is 6.99. The summed E-state index contributed by atoms with van der Waals surface area (Å²) in [6.07, 6.45) is 3.97. The minimum atomic E-state index is -0.495. The average Bonchev–Trinajstić information content (AvgIpc) is 3.18. The summed E-state index contributed by atoms with van der Waals surface area (Å²) in [5, 5.41) is 6.85. The maximum atomic E-state index is 13.4. The van der Waals surface area contributed by atoms with Crippen LogP contribution in [0.2, 0.25) is 0 Å². The SMILES string of the molecule is NC1=C(N(C=O)c2cnn(Cc3cccc(F)c3)c2)C(=O)NCN1CC1CC1=O. The number of nitrogens with zero attached hydrogens (tertiary/aromatic N) is 4. The van der Waals surface area contributed by atoms with Crippen LogP contribution in [-0.2, 0) is 20.9 Å². The monoisotopic (exact) mass is 398 g/mol. The van der Waals surface area contributed by atoms with Crippen LogP contribution in [0.1, 0.15) is 12.0 Å². The summed E-state index contributed by atoms with van der Waals surface area (Å²) in [7, 11) is 0. The van der Waals surface area contributed by atoms with Crippen LogP contribution >= 0.6 is 0 Å². The van der Waals surface area contributed by atoms with Gasteiger partial charge in [0.25, 0.3) is 5.91 Å². The molecular formula is C19H19FN6O3. The Morgan fingerprint density at radius 3 is 2.86 bits per heavy atom. The highest BCUT2D eigenvalue weighted by molar-refractivity contribution is 6.03. The zero-order chi connectivity index (χ0) is 20.5. The first-order valence-electron chi connectivity index (χ1n) is 9.03. The van der Waals surface area contributed by atoms with E-state index in [2.05, 4.69) is 10.4 Å². The number of carbonyl (C=O) groups excluding carboxylic acids is 3. The van der Waals surface area contributed by atoms with Crippen LogP contribution in [0.3, 0.4) is 0 Å². The molecule has 1 fully saturated rings. The van der Waals surface area contributed by atoms with E-state index >= 15 is 0 Å². The van der Waals surface area contributed by atoms with Crippen LogP contribution in [0.4, 0.5) is 10.1 Å². The van der Waals surface area contributed by atoms with E-state index in [0.717, 1.165) is 4.90 Å². The Balaban J connectivity index is 1.58. The van der Waals surface area contributed by atoms with Gasteiger partial charge in [-0.15, -0.1) is 0 Å². The molecule has 9 nitrogen and oxygen atoms in total. The molecule has 4 rings (SSSR count). The summed E-state index contributed by atoms with van der Waals surface area (Å²) in [5.41, 5.74) is 7.18. The molecule has 1 aliphatic heterocycles. The Labute approximate surface area is 165 Å². The largest absolute Gasteiger partial charge is 0.383 e. The highest BCUT2D eigenvalue weighted by Gasteiger charge is 2.38. The van der Waals surface area contributed by atoms with Crippen molar-refractivity contribution in [3.05, 3.63) is 59.6 Å². The minimum absolute atomic E-state index is 0.0235. The number of Topliss-reactive ketones (excluding diaryl/α,β-unsaturated/α-hetero) is 1. The van der Waals surface area contributed by atoms with Crippen LogP contribution < -0.4 is 16.0 Å². The highest BCUT2D eigenvalue weighted by Crippen LogP contribution is 2.28. The molecule has 2 heterocycles. The van der Waals surface area contributed by atoms with Gasteiger partial charge in [-0.3, -0.25) is 24.0 Å². The third-order valence-corrected chi connectivity index (χ3v) is 4.89. The summed E-state index contributed by atoms with van der Waals surface area (Å²) in [6, 6.07) is 6.10. The van der Waals surface area contributed by atoms with Gasteiger partial charge in [-0.25, -0.2) is 4.39 Å². The minimum Gasteiger partial charge on any atom is -0.383 e. The summed E-state index contributed by atoms with van der Waals surface area (Å²) in [5.74, 6) is -0.662. The van der Waals surface area contributed by atoms with Gasteiger partial charge in [-0.05, 0) is 17.7 Å². The number of carbonyl (C=O) groups is 3. The molecule has 1 unspecified atom stereocenters. The fourth-order valence-electron chi connectivity index (χ4n) is 3.24. The summed E-state index contributed by atoms with van der Waals surface area (Å²) in [6.45, 7) is 0.852. The predicted molar refractivity (Wildman–Crippen MR) is 100 cm³/mol. The number of nitrogens with two attached hydrogens (primary N) is 1. The Kier molecular flexibility index (Phi) is 4.75. The Hall–Kier alpha value is -3.69. The lowest BCUT2D eigenvalue weighted by molar-refractivity contribution is -0.120. The predicted octanol–water partition coefficient (Wildman–Crippen LogP) is 0.139. The van der Waals surface area contributed by atoms with Crippen molar-refractivity contribution in [2.24, 2.45) is 11.7 Å². The number of ketones is 1. The van der Waals surface area contributed by atoms with Crippen molar-refractivity contribution in [1.29, 1.82) is 0 Å². The number of halogens is 1. The Morgan fingerprint density at radius 2 is 2.17 bits per heavy atom. The number of anilines is 1. The third-order valence-electron chi connectivity index (χ3n) is 4.89. The molecule has 1 aromatic carbocycles. The Morgan fingerprint density at radius 1 is 1.38 bits per heavy atom. The van der Waals surface area contributed by atoms with Crippen molar-refractivity contribution >= 4 is 23.8 Å². The van der Waals surface area contributed by atoms with E-state index in [-0.39, 0.29) is 35.7 Å². The van der Waals surface area contributed by atoms with E-state index in [1.807, 2.05) is 0 Å². The summed E-state index contributed by atoms with van der Waals surface area (Å²) >= 11 is 0. The van der Waals surface area contributed by atoms with Crippen molar-refractivity contribution < 1.29 is 18.8 Å². The lowest BCUT2D eigenvalue weighted by atomic mass is 10.2. The highest BCUT2D eigenvalue weighted by atomic mass is 19.1. The summed E-state index contributed by atoms with van der Waals surface area (Å²) < 4.78 is 14.9. The molecule has 150 valence electrons. The van der Waals surface area contributed by atoms with Gasteiger partial charge in [-0.1, -0.05) is 12.1 Å². The van der Waals surface area contributed by atoms with Crippen molar-refractivity contribution in [2.45, 2.75) is 13.0 Å². The summed E-state index contributed by atoms with van der Waals surface area (Å²) in [4.78, 5) is 38.3. The molecule has 3 N–H and O–H groups in total. The first-order valence-corrected chi connectivity index (χ1v) is 9.03. The lowest BCUT2D eigenvalue weighted by Gasteiger charge is -2.33. The van der Waals surface area contributed by atoms with Crippen LogP contribution in [0.15, 0.2) is 48.2 Å². The average molecular weight is 398 g/mol. The van der Waals surface area contributed by atoms with Crippen LogP contribution in [0.5, 0.6) is 0 Å². The van der Waals surface area contributed by atoms with Crippen molar-refractivity contribution in [3.8, 4) is 0 Å². The number of hydrogen-bond donors (Lipinski definition) is 2. The normalized spacial score (nSPS) is 18.7. The Bertz CT molecular complexity index is 1020. The maximum absolute atomic E-state index is 13.4. The number of rotatable bonds is 7. The maximum Gasteiger partial charge on any atom is 0.273 e. The van der Waals surface area contributed by atoms with Crippen LogP contribution in [0.25, 0.3) is 0 Å². The van der Waals surface area contributed by atoms with E-state index in [0.29, 0.717) is 37.2 Å². The quantitative estimate of drug-likeness (QED) is 0.642. The number of benzene rings is 1.